The molecule has 0 spiro atoms. The Bertz CT molecular complexity index is 440. The minimum Gasteiger partial charge on any atom is -0.374 e. The summed E-state index contributed by atoms with van der Waals surface area (Å²) in [5.74, 6) is 8.31. The molecule has 6 heteroatoms. The number of hydrazine groups is 1. The van der Waals surface area contributed by atoms with Gasteiger partial charge >= 0.3 is 0 Å². The third-order valence-electron chi connectivity index (χ3n) is 4.12. The number of hydrogen-bond donors (Lipinski definition) is 3. The fourth-order valence-electron chi connectivity index (χ4n) is 2.98. The van der Waals surface area contributed by atoms with Crippen LogP contribution in [0.4, 0.5) is 11.6 Å². The molecule has 1 aliphatic carbocycles. The average molecular weight is 293 g/mol. The third-order valence-corrected chi connectivity index (χ3v) is 4.12. The average Bonchev–Trinajstić information content (AvgIpc) is 2.53. The Labute approximate surface area is 126 Å². The van der Waals surface area contributed by atoms with E-state index in [2.05, 4.69) is 27.6 Å². The van der Waals surface area contributed by atoms with Crippen LogP contribution < -0.4 is 16.6 Å². The summed E-state index contributed by atoms with van der Waals surface area (Å²) in [6.07, 6.45) is 6.33. The second kappa shape index (κ2) is 8.14. The molecular formula is C15H27N5O. The molecule has 6 nitrogen and oxygen atoms in total. The van der Waals surface area contributed by atoms with E-state index in [1.165, 1.54) is 32.1 Å². The van der Waals surface area contributed by atoms with Crippen LogP contribution in [0.3, 0.4) is 0 Å². The van der Waals surface area contributed by atoms with Crippen LogP contribution in [0.15, 0.2) is 6.07 Å². The summed E-state index contributed by atoms with van der Waals surface area (Å²) in [4.78, 5) is 8.85. The second-order valence-electron chi connectivity index (χ2n) is 5.54. The van der Waals surface area contributed by atoms with E-state index in [9.17, 15) is 0 Å². The SMILES string of the molecule is CCOCc1nc(NN)cc(NC2CCCCC2CC)n1. The van der Waals surface area contributed by atoms with E-state index in [1.807, 2.05) is 13.0 Å². The van der Waals surface area contributed by atoms with Gasteiger partial charge in [-0.15, -0.1) is 0 Å². The van der Waals surface area contributed by atoms with Gasteiger partial charge < -0.3 is 15.5 Å². The molecule has 0 aliphatic heterocycles. The van der Waals surface area contributed by atoms with Gasteiger partial charge in [0.1, 0.15) is 18.2 Å². The minimum atomic E-state index is 0.405. The van der Waals surface area contributed by atoms with E-state index in [-0.39, 0.29) is 0 Å². The smallest absolute Gasteiger partial charge is 0.158 e. The molecule has 0 aromatic carbocycles. The zero-order valence-corrected chi connectivity index (χ0v) is 13.1. The summed E-state index contributed by atoms with van der Waals surface area (Å²) < 4.78 is 5.38. The van der Waals surface area contributed by atoms with Gasteiger partial charge in [-0.25, -0.2) is 15.8 Å². The van der Waals surface area contributed by atoms with Crippen molar-refractivity contribution in [1.82, 2.24) is 9.97 Å². The highest BCUT2D eigenvalue weighted by molar-refractivity contribution is 5.47. The number of nitrogen functional groups attached to an aromatic ring is 1. The van der Waals surface area contributed by atoms with Crippen LogP contribution in [0.5, 0.6) is 0 Å². The number of ether oxygens (including phenoxy) is 1. The number of nitrogens with one attached hydrogen (secondary N) is 2. The molecule has 1 fully saturated rings. The van der Waals surface area contributed by atoms with Gasteiger partial charge in [-0.1, -0.05) is 26.2 Å². The summed E-state index contributed by atoms with van der Waals surface area (Å²) in [5.41, 5.74) is 2.60. The highest BCUT2D eigenvalue weighted by atomic mass is 16.5. The zero-order chi connectivity index (χ0) is 15.1. The summed E-state index contributed by atoms with van der Waals surface area (Å²) in [5, 5.41) is 3.57. The first kappa shape index (κ1) is 16.0. The van der Waals surface area contributed by atoms with Gasteiger partial charge in [0.2, 0.25) is 0 Å². The van der Waals surface area contributed by atoms with E-state index < -0.39 is 0 Å². The number of rotatable bonds is 7. The first-order valence-electron chi connectivity index (χ1n) is 7.95. The van der Waals surface area contributed by atoms with Crippen LogP contribution in [0.2, 0.25) is 0 Å². The molecule has 0 bridgehead atoms. The number of nitrogens with two attached hydrogens (primary N) is 1. The molecule has 118 valence electrons. The van der Waals surface area contributed by atoms with E-state index in [0.717, 1.165) is 11.7 Å². The van der Waals surface area contributed by atoms with Crippen molar-refractivity contribution < 1.29 is 4.74 Å². The molecule has 1 saturated carbocycles. The van der Waals surface area contributed by atoms with Crippen LogP contribution in [-0.2, 0) is 11.3 Å². The molecule has 1 heterocycles. The Balaban J connectivity index is 2.10. The normalized spacial score (nSPS) is 22.0. The highest BCUT2D eigenvalue weighted by Gasteiger charge is 2.24. The zero-order valence-electron chi connectivity index (χ0n) is 13.1. The lowest BCUT2D eigenvalue weighted by Gasteiger charge is -2.32. The Kier molecular flexibility index (Phi) is 6.20. The van der Waals surface area contributed by atoms with E-state index in [0.29, 0.717) is 30.9 Å². The van der Waals surface area contributed by atoms with Crippen molar-refractivity contribution in [3.8, 4) is 0 Å². The highest BCUT2D eigenvalue weighted by Crippen LogP contribution is 2.29. The van der Waals surface area contributed by atoms with Crippen LogP contribution in [-0.4, -0.2) is 22.6 Å². The molecule has 1 aromatic heterocycles. The van der Waals surface area contributed by atoms with Crippen molar-refractivity contribution in [2.75, 3.05) is 17.3 Å². The Morgan fingerprint density at radius 2 is 2.00 bits per heavy atom. The molecule has 2 rings (SSSR count). The van der Waals surface area contributed by atoms with Gasteiger partial charge in [0, 0.05) is 18.7 Å². The third kappa shape index (κ3) is 4.54. The molecule has 1 aromatic rings. The molecule has 0 radical (unpaired) electrons. The van der Waals surface area contributed by atoms with Crippen LogP contribution in [0.1, 0.15) is 51.8 Å². The quantitative estimate of drug-likeness (QED) is 0.529. The number of hydrogen-bond acceptors (Lipinski definition) is 6. The van der Waals surface area contributed by atoms with Crippen LogP contribution in [0.25, 0.3) is 0 Å². The number of aromatic nitrogens is 2. The van der Waals surface area contributed by atoms with Gasteiger partial charge in [-0.05, 0) is 25.7 Å². The summed E-state index contributed by atoms with van der Waals surface area (Å²) in [6.45, 7) is 5.27. The second-order valence-corrected chi connectivity index (χ2v) is 5.54. The topological polar surface area (TPSA) is 85.1 Å². The fraction of sp³-hybridized carbons (Fsp3) is 0.733. The first-order chi connectivity index (χ1) is 10.3. The van der Waals surface area contributed by atoms with Gasteiger partial charge in [0.15, 0.2) is 5.82 Å². The van der Waals surface area contributed by atoms with Crippen molar-refractivity contribution in [1.29, 1.82) is 0 Å². The van der Waals surface area contributed by atoms with E-state index in [4.69, 9.17) is 10.6 Å². The van der Waals surface area contributed by atoms with Crippen LogP contribution in [0, 0.1) is 5.92 Å². The molecule has 0 amide bonds. The lowest BCUT2D eigenvalue weighted by molar-refractivity contribution is 0.128. The van der Waals surface area contributed by atoms with Crippen molar-refractivity contribution >= 4 is 11.6 Å². The number of nitrogens with zero attached hydrogens (tertiary/aromatic N) is 2. The molecule has 1 aliphatic rings. The van der Waals surface area contributed by atoms with Crippen molar-refractivity contribution in [3.05, 3.63) is 11.9 Å². The monoisotopic (exact) mass is 293 g/mol. The maximum atomic E-state index is 5.49. The van der Waals surface area contributed by atoms with Crippen molar-refractivity contribution in [3.63, 3.8) is 0 Å². The molecule has 2 unspecified atom stereocenters. The summed E-state index contributed by atoms with van der Waals surface area (Å²) in [6, 6.07) is 2.35. The molecule has 4 N–H and O–H groups in total. The lowest BCUT2D eigenvalue weighted by atomic mass is 9.83. The Hall–Kier alpha value is -1.40. The Morgan fingerprint density at radius 1 is 1.24 bits per heavy atom. The number of anilines is 2. The van der Waals surface area contributed by atoms with Crippen molar-refractivity contribution in [2.45, 2.75) is 58.6 Å². The van der Waals surface area contributed by atoms with E-state index >= 15 is 0 Å². The van der Waals surface area contributed by atoms with Gasteiger partial charge in [-0.2, -0.15) is 0 Å². The Morgan fingerprint density at radius 3 is 2.71 bits per heavy atom. The van der Waals surface area contributed by atoms with Crippen LogP contribution >= 0.6 is 0 Å². The standard InChI is InChI=1S/C15H27N5O/c1-3-11-7-5-6-8-12(11)17-13-9-14(20-16)19-15(18-13)10-21-4-2/h9,11-12H,3-8,10,16H2,1-2H3,(H2,17,18,19,20). The predicted molar refractivity (Wildman–Crippen MR) is 84.8 cm³/mol. The van der Waals surface area contributed by atoms with Gasteiger partial charge in [-0.3, -0.25) is 0 Å². The maximum absolute atomic E-state index is 5.49. The summed E-state index contributed by atoms with van der Waals surface area (Å²) in [7, 11) is 0. The van der Waals surface area contributed by atoms with Gasteiger partial charge in [0.25, 0.3) is 0 Å². The molecular weight excluding hydrogens is 266 g/mol. The fourth-order valence-corrected chi connectivity index (χ4v) is 2.98. The van der Waals surface area contributed by atoms with E-state index in [1.54, 1.807) is 0 Å². The molecule has 21 heavy (non-hydrogen) atoms. The molecule has 2 atom stereocenters. The maximum Gasteiger partial charge on any atom is 0.158 e. The van der Waals surface area contributed by atoms with Gasteiger partial charge in [0.05, 0.1) is 0 Å². The molecule has 0 saturated heterocycles. The minimum absolute atomic E-state index is 0.405. The first-order valence-corrected chi connectivity index (χ1v) is 7.95. The van der Waals surface area contributed by atoms with Crippen molar-refractivity contribution in [2.24, 2.45) is 11.8 Å². The largest absolute Gasteiger partial charge is 0.374 e. The lowest BCUT2D eigenvalue weighted by Crippen LogP contribution is -2.32. The summed E-state index contributed by atoms with van der Waals surface area (Å²) >= 11 is 0. The predicted octanol–water partition coefficient (Wildman–Crippen LogP) is 2.68.